The van der Waals surface area contributed by atoms with E-state index < -0.39 is 40.3 Å². The minimum absolute atomic E-state index is 0.412. The number of hydrogen-bond acceptors (Lipinski definition) is 2. The Morgan fingerprint density at radius 1 is 1.15 bits per heavy atom. The Morgan fingerprint density at radius 2 is 1.80 bits per heavy atom. The second-order valence-electron chi connectivity index (χ2n) is 3.90. The number of pyridine rings is 1. The van der Waals surface area contributed by atoms with E-state index in [1.807, 2.05) is 0 Å². The van der Waals surface area contributed by atoms with Gasteiger partial charge in [-0.05, 0) is 17.7 Å². The lowest BCUT2D eigenvalue weighted by atomic mass is 9.98. The number of benzene rings is 1. The summed E-state index contributed by atoms with van der Waals surface area (Å²) in [7, 11) is 0. The smallest absolute Gasteiger partial charge is 0.417 e. The molecule has 0 saturated heterocycles. The molecule has 2 aromatic rings. The summed E-state index contributed by atoms with van der Waals surface area (Å²) >= 11 is 0. The lowest BCUT2D eigenvalue weighted by Gasteiger charge is -2.13. The number of carbonyl (C=O) groups is 1. The molecule has 1 heterocycles. The molecule has 0 bridgehead atoms. The first-order chi connectivity index (χ1) is 9.30. The molecule has 104 valence electrons. The number of rotatable bonds is 2. The molecule has 1 N–H and O–H groups in total. The Balaban J connectivity index is 2.75. The fourth-order valence-electron chi connectivity index (χ4n) is 1.78. The first-order valence-electron chi connectivity index (χ1n) is 5.36. The van der Waals surface area contributed by atoms with Crippen LogP contribution < -0.4 is 0 Å². The quantitative estimate of drug-likeness (QED) is 0.858. The maximum atomic E-state index is 13.2. The van der Waals surface area contributed by atoms with Crippen molar-refractivity contribution in [1.29, 1.82) is 0 Å². The van der Waals surface area contributed by atoms with Crippen LogP contribution in [0, 0.1) is 5.82 Å². The second kappa shape index (κ2) is 4.92. The van der Waals surface area contributed by atoms with Gasteiger partial charge in [0.2, 0.25) is 0 Å². The molecule has 0 unspecified atom stereocenters. The molecule has 1 aromatic heterocycles. The molecule has 0 atom stereocenters. The van der Waals surface area contributed by atoms with Crippen molar-refractivity contribution in [2.75, 3.05) is 0 Å². The van der Waals surface area contributed by atoms with E-state index in [2.05, 4.69) is 4.98 Å². The van der Waals surface area contributed by atoms with E-state index in [1.165, 1.54) is 12.1 Å². The Labute approximate surface area is 110 Å². The van der Waals surface area contributed by atoms with Crippen LogP contribution in [0.2, 0.25) is 0 Å². The number of nitrogens with zero attached hydrogens (tertiary/aromatic N) is 1. The summed E-state index contributed by atoms with van der Waals surface area (Å²) in [4.78, 5) is 14.3. The first kappa shape index (κ1) is 14.0. The number of aromatic carboxylic acids is 1. The Bertz CT molecular complexity index is 668. The molecule has 0 aliphatic rings. The number of aromatic nitrogens is 1. The number of carboxylic acid groups (broad SMARTS) is 1. The topological polar surface area (TPSA) is 50.2 Å². The average Bonchev–Trinajstić information content (AvgIpc) is 2.37. The van der Waals surface area contributed by atoms with Gasteiger partial charge in [-0.1, -0.05) is 18.2 Å². The van der Waals surface area contributed by atoms with Gasteiger partial charge in [0.1, 0.15) is 5.82 Å². The fraction of sp³-hybridized carbons (Fsp3) is 0.0769. The minimum Gasteiger partial charge on any atom is -0.476 e. The van der Waals surface area contributed by atoms with Crippen molar-refractivity contribution in [2.45, 2.75) is 6.18 Å². The zero-order valence-corrected chi connectivity index (χ0v) is 9.78. The van der Waals surface area contributed by atoms with Crippen molar-refractivity contribution in [1.82, 2.24) is 4.98 Å². The van der Waals surface area contributed by atoms with Gasteiger partial charge in [0.25, 0.3) is 0 Å². The van der Waals surface area contributed by atoms with Gasteiger partial charge in [0, 0.05) is 5.56 Å². The van der Waals surface area contributed by atoms with E-state index in [0.717, 1.165) is 18.2 Å². The van der Waals surface area contributed by atoms with Gasteiger partial charge in [0.05, 0.1) is 11.8 Å². The maximum Gasteiger partial charge on any atom is 0.417 e. The summed E-state index contributed by atoms with van der Waals surface area (Å²) in [6.45, 7) is 0. The van der Waals surface area contributed by atoms with Crippen molar-refractivity contribution in [2.24, 2.45) is 0 Å². The molecule has 1 aromatic carbocycles. The van der Waals surface area contributed by atoms with Crippen molar-refractivity contribution in [3.05, 3.63) is 53.6 Å². The summed E-state index contributed by atoms with van der Waals surface area (Å²) in [5.41, 5.74) is -2.52. The van der Waals surface area contributed by atoms with E-state index in [0.29, 0.717) is 6.20 Å². The Hall–Kier alpha value is -2.44. The number of hydrogen-bond donors (Lipinski definition) is 1. The van der Waals surface area contributed by atoms with Crippen molar-refractivity contribution in [3.8, 4) is 11.1 Å². The summed E-state index contributed by atoms with van der Waals surface area (Å²) < 4.78 is 51.9. The van der Waals surface area contributed by atoms with Crippen LogP contribution in [0.3, 0.4) is 0 Å². The SMILES string of the molecule is O=C(O)c1ncc(F)cc1-c1ccccc1C(F)(F)F. The second-order valence-corrected chi connectivity index (χ2v) is 3.90. The monoisotopic (exact) mass is 285 g/mol. The summed E-state index contributed by atoms with van der Waals surface area (Å²) in [5, 5.41) is 8.95. The number of halogens is 4. The molecule has 0 fully saturated rings. The van der Waals surface area contributed by atoms with E-state index in [4.69, 9.17) is 5.11 Å². The van der Waals surface area contributed by atoms with Gasteiger partial charge in [0.15, 0.2) is 5.69 Å². The van der Waals surface area contributed by atoms with E-state index in [-0.39, 0.29) is 0 Å². The third-order valence-corrected chi connectivity index (χ3v) is 2.58. The highest BCUT2D eigenvalue weighted by molar-refractivity contribution is 5.94. The highest BCUT2D eigenvalue weighted by Gasteiger charge is 2.34. The fourth-order valence-corrected chi connectivity index (χ4v) is 1.78. The normalized spacial score (nSPS) is 11.4. The molecule has 0 saturated carbocycles. The molecule has 0 spiro atoms. The molecule has 2 rings (SSSR count). The maximum absolute atomic E-state index is 13.2. The average molecular weight is 285 g/mol. The van der Waals surface area contributed by atoms with Crippen LogP contribution in [0.25, 0.3) is 11.1 Å². The van der Waals surface area contributed by atoms with Crippen LogP contribution in [0.5, 0.6) is 0 Å². The van der Waals surface area contributed by atoms with Crippen LogP contribution in [-0.2, 0) is 6.18 Å². The minimum atomic E-state index is -4.68. The Morgan fingerprint density at radius 3 is 2.40 bits per heavy atom. The third kappa shape index (κ3) is 2.61. The highest BCUT2D eigenvalue weighted by Crippen LogP contribution is 2.37. The van der Waals surface area contributed by atoms with Gasteiger partial charge in [-0.3, -0.25) is 0 Å². The van der Waals surface area contributed by atoms with Gasteiger partial charge in [-0.15, -0.1) is 0 Å². The van der Waals surface area contributed by atoms with Gasteiger partial charge in [-0.25, -0.2) is 14.2 Å². The van der Waals surface area contributed by atoms with Gasteiger partial charge < -0.3 is 5.11 Å². The van der Waals surface area contributed by atoms with E-state index >= 15 is 0 Å². The molecule has 0 aliphatic carbocycles. The lowest BCUT2D eigenvalue weighted by Crippen LogP contribution is -2.10. The third-order valence-electron chi connectivity index (χ3n) is 2.58. The van der Waals surface area contributed by atoms with Crippen LogP contribution in [0.4, 0.5) is 17.6 Å². The van der Waals surface area contributed by atoms with Gasteiger partial charge >= 0.3 is 12.1 Å². The molecule has 3 nitrogen and oxygen atoms in total. The predicted molar refractivity (Wildman–Crippen MR) is 61.6 cm³/mol. The van der Waals surface area contributed by atoms with Crippen LogP contribution in [0.1, 0.15) is 16.1 Å². The number of carboxylic acids is 1. The Kier molecular flexibility index (Phi) is 3.44. The number of alkyl halides is 3. The molecule has 7 heteroatoms. The molecule has 20 heavy (non-hydrogen) atoms. The standard InChI is InChI=1S/C13H7F4NO2/c14-7-5-9(11(12(19)20)18-6-7)8-3-1-2-4-10(8)13(15,16)17/h1-6H,(H,19,20). The summed E-state index contributed by atoms with van der Waals surface area (Å²) in [6, 6.07) is 5.07. The lowest BCUT2D eigenvalue weighted by molar-refractivity contribution is -0.137. The van der Waals surface area contributed by atoms with Crippen LogP contribution in [0.15, 0.2) is 36.5 Å². The van der Waals surface area contributed by atoms with E-state index in [9.17, 15) is 22.4 Å². The molecular weight excluding hydrogens is 278 g/mol. The zero-order chi connectivity index (χ0) is 14.9. The largest absolute Gasteiger partial charge is 0.476 e. The predicted octanol–water partition coefficient (Wildman–Crippen LogP) is 3.60. The summed E-state index contributed by atoms with van der Waals surface area (Å²) in [6.07, 6.45) is -4.04. The van der Waals surface area contributed by atoms with E-state index in [1.54, 1.807) is 0 Å². The molecular formula is C13H7F4NO2. The molecule has 0 radical (unpaired) electrons. The van der Waals surface area contributed by atoms with Crippen molar-refractivity contribution < 1.29 is 27.5 Å². The molecule has 0 aliphatic heterocycles. The van der Waals surface area contributed by atoms with Crippen molar-refractivity contribution >= 4 is 5.97 Å². The van der Waals surface area contributed by atoms with Crippen LogP contribution in [-0.4, -0.2) is 16.1 Å². The zero-order valence-electron chi connectivity index (χ0n) is 9.78. The first-order valence-corrected chi connectivity index (χ1v) is 5.36. The van der Waals surface area contributed by atoms with Gasteiger partial charge in [-0.2, -0.15) is 13.2 Å². The summed E-state index contributed by atoms with van der Waals surface area (Å²) in [5.74, 6) is -2.45. The highest BCUT2D eigenvalue weighted by atomic mass is 19.4. The van der Waals surface area contributed by atoms with Crippen molar-refractivity contribution in [3.63, 3.8) is 0 Å². The molecule has 0 amide bonds. The van der Waals surface area contributed by atoms with Crippen LogP contribution >= 0.6 is 0 Å².